The number of nitrogens with two attached hydrogens (primary N) is 2. The van der Waals surface area contributed by atoms with E-state index in [4.69, 9.17) is 11.1 Å². The van der Waals surface area contributed by atoms with Gasteiger partial charge in [-0.2, -0.15) is 0 Å². The molecule has 0 fully saturated rings. The first-order valence-electron chi connectivity index (χ1n) is 3.15. The van der Waals surface area contributed by atoms with E-state index in [9.17, 15) is 0 Å². The Labute approximate surface area is 60.2 Å². The van der Waals surface area contributed by atoms with Gasteiger partial charge in [0.1, 0.15) is 0 Å². The predicted octanol–water partition coefficient (Wildman–Crippen LogP) is -0.245. The molecule has 10 heavy (non-hydrogen) atoms. The largest absolute Gasteiger partial charge is 0.398 e. The Morgan fingerprint density at radius 3 is 2.70 bits per heavy atom. The first-order valence-corrected chi connectivity index (χ1v) is 3.15. The molecule has 0 bridgehead atoms. The van der Waals surface area contributed by atoms with Crippen LogP contribution in [0.4, 0.5) is 5.69 Å². The first kappa shape index (κ1) is 6.81. The fourth-order valence-electron chi connectivity index (χ4n) is 0.839. The van der Waals surface area contributed by atoms with E-state index in [1.54, 1.807) is 0 Å². The maximum Gasteiger partial charge on any atom is 0.169 e. The highest BCUT2D eigenvalue weighted by atomic mass is 14.6. The summed E-state index contributed by atoms with van der Waals surface area (Å²) >= 11 is 0. The minimum atomic E-state index is 0.730. The van der Waals surface area contributed by atoms with Crippen LogP contribution < -0.4 is 11.1 Å². The van der Waals surface area contributed by atoms with Crippen molar-refractivity contribution in [2.24, 2.45) is 0 Å². The van der Waals surface area contributed by atoms with Gasteiger partial charge in [-0.15, -0.1) is 0 Å². The van der Waals surface area contributed by atoms with Crippen molar-refractivity contribution in [2.75, 3.05) is 5.73 Å². The Bertz CT molecular complexity index is 253. The molecule has 0 aliphatic heterocycles. The van der Waals surface area contributed by atoms with Crippen LogP contribution in [0.15, 0.2) is 18.2 Å². The monoisotopic (exact) mass is 135 g/mol. The van der Waals surface area contributed by atoms with E-state index in [1.807, 2.05) is 25.1 Å². The zero-order valence-electron chi connectivity index (χ0n) is 5.96. The third kappa shape index (κ3) is 1.16. The topological polar surface area (TPSA) is 51.6 Å². The summed E-state index contributed by atoms with van der Waals surface area (Å²) in [5.41, 5.74) is 8.39. The summed E-state index contributed by atoms with van der Waals surface area (Å²) < 4.78 is 0. The summed E-state index contributed by atoms with van der Waals surface area (Å²) in [4.78, 5) is 0. The van der Waals surface area contributed by atoms with Gasteiger partial charge in [-0.1, -0.05) is 11.6 Å². The van der Waals surface area contributed by atoms with Crippen LogP contribution in [0, 0.1) is 6.92 Å². The van der Waals surface area contributed by atoms with E-state index in [0.29, 0.717) is 0 Å². The Morgan fingerprint density at radius 2 is 2.20 bits per heavy atom. The maximum absolute atomic E-state index is 5.59. The molecule has 0 spiro atoms. The van der Waals surface area contributed by atoms with Crippen LogP contribution >= 0.6 is 0 Å². The smallest absolute Gasteiger partial charge is 0.169 e. The van der Waals surface area contributed by atoms with Crippen LogP contribution in [0.3, 0.4) is 0 Å². The maximum atomic E-state index is 5.59. The molecule has 0 aliphatic carbocycles. The lowest BCUT2D eigenvalue weighted by Gasteiger charge is -1.96. The van der Waals surface area contributed by atoms with E-state index in [2.05, 4.69) is 0 Å². The molecule has 1 aromatic carbocycles. The number of rotatable bonds is 1. The first-order chi connectivity index (χ1) is 4.74. The van der Waals surface area contributed by atoms with Crippen molar-refractivity contribution in [3.05, 3.63) is 29.3 Å². The van der Waals surface area contributed by atoms with Crippen LogP contribution in [0.5, 0.6) is 0 Å². The molecule has 0 aromatic heterocycles. The van der Waals surface area contributed by atoms with Gasteiger partial charge >= 0.3 is 0 Å². The lowest BCUT2D eigenvalue weighted by Crippen LogP contribution is -2.30. The summed E-state index contributed by atoms with van der Waals surface area (Å²) in [7, 11) is 0. The third-order valence-corrected chi connectivity index (χ3v) is 1.42. The van der Waals surface area contributed by atoms with Gasteiger partial charge in [-0.3, -0.25) is 5.41 Å². The molecule has 2 nitrogen and oxygen atoms in total. The van der Waals surface area contributed by atoms with Gasteiger partial charge in [0.25, 0.3) is 0 Å². The molecular formula is C8H11N2+. The zero-order valence-corrected chi connectivity index (χ0v) is 5.96. The van der Waals surface area contributed by atoms with Crippen molar-refractivity contribution in [2.45, 2.75) is 6.92 Å². The Balaban J connectivity index is 3.21. The quantitative estimate of drug-likeness (QED) is 0.405. The van der Waals surface area contributed by atoms with Crippen molar-refractivity contribution in [3.63, 3.8) is 0 Å². The van der Waals surface area contributed by atoms with Crippen LogP contribution in [-0.4, -0.2) is 6.21 Å². The second kappa shape index (κ2) is 2.52. The van der Waals surface area contributed by atoms with Gasteiger partial charge in [0.05, 0.1) is 5.56 Å². The summed E-state index contributed by atoms with van der Waals surface area (Å²) in [6, 6.07) is 5.77. The number of hydrogen-bond donors (Lipinski definition) is 2. The summed E-state index contributed by atoms with van der Waals surface area (Å²) in [6.07, 6.45) is 1.52. The summed E-state index contributed by atoms with van der Waals surface area (Å²) in [5, 5.41) is 5.31. The lowest BCUT2D eigenvalue weighted by molar-refractivity contribution is -0.104. The molecular weight excluding hydrogens is 124 g/mol. The van der Waals surface area contributed by atoms with Gasteiger partial charge in [0.15, 0.2) is 6.21 Å². The van der Waals surface area contributed by atoms with Crippen molar-refractivity contribution in [1.82, 2.24) is 0 Å². The van der Waals surface area contributed by atoms with E-state index in [1.165, 1.54) is 11.8 Å². The average molecular weight is 135 g/mol. The van der Waals surface area contributed by atoms with E-state index >= 15 is 0 Å². The Morgan fingerprint density at radius 1 is 1.50 bits per heavy atom. The standard InChI is InChI=1S/C8H10N2/c1-6-2-3-8(10)7(4-6)5-9/h2-5,9H,10H2,1H3/p+1. The van der Waals surface area contributed by atoms with Crippen molar-refractivity contribution in [3.8, 4) is 0 Å². The Hall–Kier alpha value is -1.31. The number of aryl methyl sites for hydroxylation is 1. The van der Waals surface area contributed by atoms with Gasteiger partial charge in [-0.25, -0.2) is 0 Å². The number of hydrogen-bond acceptors (Lipinski definition) is 1. The van der Waals surface area contributed by atoms with Gasteiger partial charge in [-0.05, 0) is 19.1 Å². The van der Waals surface area contributed by atoms with Gasteiger partial charge in [0, 0.05) is 5.69 Å². The second-order valence-electron chi connectivity index (χ2n) is 2.30. The van der Waals surface area contributed by atoms with Crippen molar-refractivity contribution < 1.29 is 5.41 Å². The molecule has 0 aliphatic rings. The molecule has 1 rings (SSSR count). The highest BCUT2D eigenvalue weighted by Gasteiger charge is 1.95. The Kier molecular flexibility index (Phi) is 1.71. The highest BCUT2D eigenvalue weighted by molar-refractivity contribution is 5.83. The SMILES string of the molecule is Cc1ccc(N)c(C=[NH2+])c1. The van der Waals surface area contributed by atoms with Crippen LogP contribution in [0.2, 0.25) is 0 Å². The summed E-state index contributed by atoms with van der Waals surface area (Å²) in [5.74, 6) is 0. The lowest BCUT2D eigenvalue weighted by atomic mass is 10.1. The zero-order chi connectivity index (χ0) is 7.56. The summed E-state index contributed by atoms with van der Waals surface area (Å²) in [6.45, 7) is 2.01. The third-order valence-electron chi connectivity index (χ3n) is 1.42. The van der Waals surface area contributed by atoms with E-state index < -0.39 is 0 Å². The van der Waals surface area contributed by atoms with Crippen molar-refractivity contribution in [1.29, 1.82) is 0 Å². The highest BCUT2D eigenvalue weighted by Crippen LogP contribution is 2.09. The normalized spacial score (nSPS) is 9.30. The molecule has 2 heteroatoms. The predicted molar refractivity (Wildman–Crippen MR) is 42.7 cm³/mol. The molecule has 52 valence electrons. The van der Waals surface area contributed by atoms with E-state index in [-0.39, 0.29) is 0 Å². The average Bonchev–Trinajstić information content (AvgIpc) is 1.94. The molecule has 0 saturated heterocycles. The molecule has 0 heterocycles. The molecule has 0 radical (unpaired) electrons. The van der Waals surface area contributed by atoms with Crippen LogP contribution in [0.1, 0.15) is 11.1 Å². The van der Waals surface area contributed by atoms with E-state index in [0.717, 1.165) is 11.3 Å². The van der Waals surface area contributed by atoms with Gasteiger partial charge in [0.2, 0.25) is 0 Å². The molecule has 0 amide bonds. The van der Waals surface area contributed by atoms with Gasteiger partial charge < -0.3 is 5.73 Å². The van der Waals surface area contributed by atoms with Crippen LogP contribution in [-0.2, 0) is 0 Å². The number of benzene rings is 1. The fraction of sp³-hybridized carbons (Fsp3) is 0.125. The molecule has 1 aromatic rings. The second-order valence-corrected chi connectivity index (χ2v) is 2.30. The molecule has 0 unspecified atom stereocenters. The minimum absolute atomic E-state index is 0.730. The number of nitrogen functional groups attached to an aromatic ring is 1. The van der Waals surface area contributed by atoms with Crippen molar-refractivity contribution >= 4 is 11.9 Å². The molecule has 0 saturated carbocycles. The fourth-order valence-corrected chi connectivity index (χ4v) is 0.839. The van der Waals surface area contributed by atoms with Crippen LogP contribution in [0.25, 0.3) is 0 Å². The molecule has 4 N–H and O–H groups in total. The minimum Gasteiger partial charge on any atom is -0.398 e. The molecule has 0 atom stereocenters. The number of anilines is 1.